The van der Waals surface area contributed by atoms with E-state index in [0.29, 0.717) is 30.9 Å². The minimum Gasteiger partial charge on any atom is -0.378 e. The highest BCUT2D eigenvalue weighted by atomic mass is 16.5. The molecule has 148 valence electrons. The lowest BCUT2D eigenvalue weighted by Gasteiger charge is -2.27. The van der Waals surface area contributed by atoms with Crippen LogP contribution in [0.5, 0.6) is 0 Å². The molecule has 1 fully saturated rings. The molecule has 0 atom stereocenters. The summed E-state index contributed by atoms with van der Waals surface area (Å²) in [6, 6.07) is 7.91. The van der Waals surface area contributed by atoms with E-state index in [1.165, 1.54) is 6.08 Å². The second-order valence-corrected chi connectivity index (χ2v) is 6.75. The van der Waals surface area contributed by atoms with E-state index in [1.807, 2.05) is 56.3 Å². The molecule has 1 saturated heterocycles. The molecule has 2 heterocycles. The zero-order valence-corrected chi connectivity index (χ0v) is 16.6. The molecule has 0 spiro atoms. The number of ether oxygens (including phenoxy) is 1. The Balaban J connectivity index is 1.68. The molecule has 8 heteroatoms. The van der Waals surface area contributed by atoms with E-state index in [9.17, 15) is 4.79 Å². The van der Waals surface area contributed by atoms with Gasteiger partial charge in [0.05, 0.1) is 19.8 Å². The molecule has 1 aromatic carbocycles. The van der Waals surface area contributed by atoms with E-state index in [1.54, 1.807) is 0 Å². The lowest BCUT2D eigenvalue weighted by Crippen LogP contribution is -2.38. The third-order valence-electron chi connectivity index (χ3n) is 4.38. The highest BCUT2D eigenvalue weighted by molar-refractivity contribution is 5.91. The van der Waals surface area contributed by atoms with Crippen molar-refractivity contribution in [3.63, 3.8) is 0 Å². The number of carbonyl (C=O) groups excluding carboxylic acids is 1. The summed E-state index contributed by atoms with van der Waals surface area (Å²) in [5.41, 5.74) is 2.14. The van der Waals surface area contributed by atoms with Crippen LogP contribution in [0.4, 0.5) is 11.9 Å². The maximum absolute atomic E-state index is 12.2. The number of anilines is 2. The first-order valence-electron chi connectivity index (χ1n) is 9.29. The van der Waals surface area contributed by atoms with Crippen molar-refractivity contribution < 1.29 is 9.53 Å². The van der Waals surface area contributed by atoms with E-state index in [-0.39, 0.29) is 12.5 Å². The maximum Gasteiger partial charge on any atom is 0.244 e. The van der Waals surface area contributed by atoms with Gasteiger partial charge in [0.1, 0.15) is 0 Å². The third-order valence-corrected chi connectivity index (χ3v) is 4.38. The summed E-state index contributed by atoms with van der Waals surface area (Å²) >= 11 is 0. The van der Waals surface area contributed by atoms with Crippen LogP contribution in [-0.4, -0.2) is 61.3 Å². The summed E-state index contributed by atoms with van der Waals surface area (Å²) in [6.07, 6.45) is 3.34. The minimum absolute atomic E-state index is 0.192. The Bertz CT molecular complexity index is 846. The number of carbonyl (C=O) groups is 1. The summed E-state index contributed by atoms with van der Waals surface area (Å²) in [6.45, 7) is 5.02. The van der Waals surface area contributed by atoms with Gasteiger partial charge in [0.2, 0.25) is 17.8 Å². The number of aromatic nitrogens is 3. The first kappa shape index (κ1) is 19.8. The molecule has 3 rings (SSSR count). The van der Waals surface area contributed by atoms with Crippen LogP contribution in [0.15, 0.2) is 30.3 Å². The van der Waals surface area contributed by atoms with E-state index < -0.39 is 0 Å². The second kappa shape index (κ2) is 9.27. The summed E-state index contributed by atoms with van der Waals surface area (Å²) in [5.74, 6) is 1.51. The Morgan fingerprint density at radius 2 is 1.96 bits per heavy atom. The molecule has 0 aliphatic carbocycles. The van der Waals surface area contributed by atoms with Crippen molar-refractivity contribution >= 4 is 23.9 Å². The van der Waals surface area contributed by atoms with Gasteiger partial charge in [0.15, 0.2) is 5.82 Å². The van der Waals surface area contributed by atoms with Gasteiger partial charge in [-0.25, -0.2) is 0 Å². The zero-order chi connectivity index (χ0) is 19.9. The zero-order valence-electron chi connectivity index (χ0n) is 16.6. The van der Waals surface area contributed by atoms with Crippen molar-refractivity contribution in [1.29, 1.82) is 0 Å². The molecular formula is C20H26N6O2. The molecule has 0 saturated carbocycles. The predicted molar refractivity (Wildman–Crippen MR) is 109 cm³/mol. The molecular weight excluding hydrogens is 356 g/mol. The summed E-state index contributed by atoms with van der Waals surface area (Å²) < 4.78 is 5.39. The standard InChI is InChI=1S/C20H26N6O2/c1-15-6-4-5-7-16(15)8-9-18(27)21-14-17-22-19(25(2)3)24-20(23-17)26-10-12-28-13-11-26/h4-9H,10-14H2,1-3H3,(H,21,27)/b9-8+. The fraction of sp³-hybridized carbons (Fsp3) is 0.400. The van der Waals surface area contributed by atoms with E-state index >= 15 is 0 Å². The number of morpholine rings is 1. The van der Waals surface area contributed by atoms with Gasteiger partial charge >= 0.3 is 0 Å². The van der Waals surface area contributed by atoms with Gasteiger partial charge in [-0.15, -0.1) is 0 Å². The van der Waals surface area contributed by atoms with Gasteiger partial charge in [-0.3, -0.25) is 4.79 Å². The Hall–Kier alpha value is -3.00. The van der Waals surface area contributed by atoms with Gasteiger partial charge in [0.25, 0.3) is 0 Å². The summed E-state index contributed by atoms with van der Waals surface area (Å²) in [7, 11) is 3.76. The number of hydrogen-bond donors (Lipinski definition) is 1. The first-order chi connectivity index (χ1) is 13.5. The number of benzene rings is 1. The molecule has 2 aromatic rings. The Kier molecular flexibility index (Phi) is 6.54. The topological polar surface area (TPSA) is 83.5 Å². The number of rotatable bonds is 6. The number of nitrogens with one attached hydrogen (secondary N) is 1. The summed E-state index contributed by atoms with van der Waals surface area (Å²) in [5, 5.41) is 2.84. The van der Waals surface area contributed by atoms with Crippen LogP contribution < -0.4 is 15.1 Å². The van der Waals surface area contributed by atoms with Gasteiger partial charge in [-0.2, -0.15) is 15.0 Å². The van der Waals surface area contributed by atoms with Crippen LogP contribution in [-0.2, 0) is 16.1 Å². The van der Waals surface area contributed by atoms with Crippen molar-refractivity contribution in [2.45, 2.75) is 13.5 Å². The molecule has 1 N–H and O–H groups in total. The lowest BCUT2D eigenvalue weighted by atomic mass is 10.1. The highest BCUT2D eigenvalue weighted by Crippen LogP contribution is 2.14. The van der Waals surface area contributed by atoms with E-state index in [0.717, 1.165) is 24.2 Å². The maximum atomic E-state index is 12.2. The summed E-state index contributed by atoms with van der Waals surface area (Å²) in [4.78, 5) is 29.6. The average molecular weight is 382 g/mol. The fourth-order valence-corrected chi connectivity index (χ4v) is 2.74. The number of amides is 1. The van der Waals surface area contributed by atoms with Gasteiger partial charge in [-0.1, -0.05) is 24.3 Å². The van der Waals surface area contributed by atoms with Crippen LogP contribution in [0, 0.1) is 6.92 Å². The molecule has 28 heavy (non-hydrogen) atoms. The van der Waals surface area contributed by atoms with E-state index in [4.69, 9.17) is 4.74 Å². The third kappa shape index (κ3) is 5.26. The first-order valence-corrected chi connectivity index (χ1v) is 9.29. The molecule has 1 aliphatic rings. The number of hydrogen-bond acceptors (Lipinski definition) is 7. The monoisotopic (exact) mass is 382 g/mol. The van der Waals surface area contributed by atoms with Crippen molar-refractivity contribution in [2.75, 3.05) is 50.2 Å². The van der Waals surface area contributed by atoms with Crippen LogP contribution in [0.3, 0.4) is 0 Å². The molecule has 0 radical (unpaired) electrons. The van der Waals surface area contributed by atoms with Crippen LogP contribution in [0.2, 0.25) is 0 Å². The minimum atomic E-state index is -0.192. The van der Waals surface area contributed by atoms with Crippen LogP contribution in [0.25, 0.3) is 6.08 Å². The van der Waals surface area contributed by atoms with Gasteiger partial charge in [0, 0.05) is 33.3 Å². The smallest absolute Gasteiger partial charge is 0.244 e. The molecule has 1 amide bonds. The molecule has 0 bridgehead atoms. The fourth-order valence-electron chi connectivity index (χ4n) is 2.74. The lowest BCUT2D eigenvalue weighted by molar-refractivity contribution is -0.116. The Morgan fingerprint density at radius 3 is 2.68 bits per heavy atom. The van der Waals surface area contributed by atoms with E-state index in [2.05, 4.69) is 25.2 Å². The largest absolute Gasteiger partial charge is 0.378 e. The second-order valence-electron chi connectivity index (χ2n) is 6.75. The molecule has 1 aromatic heterocycles. The van der Waals surface area contributed by atoms with Crippen molar-refractivity contribution in [3.8, 4) is 0 Å². The van der Waals surface area contributed by atoms with Crippen molar-refractivity contribution in [3.05, 3.63) is 47.3 Å². The van der Waals surface area contributed by atoms with Gasteiger partial charge < -0.3 is 19.9 Å². The normalized spacial score (nSPS) is 14.3. The van der Waals surface area contributed by atoms with Crippen molar-refractivity contribution in [1.82, 2.24) is 20.3 Å². The molecule has 1 aliphatic heterocycles. The number of nitrogens with zero attached hydrogens (tertiary/aromatic N) is 5. The predicted octanol–water partition coefficient (Wildman–Crippen LogP) is 1.41. The quantitative estimate of drug-likeness (QED) is 0.756. The Labute approximate surface area is 165 Å². The molecule has 0 unspecified atom stereocenters. The van der Waals surface area contributed by atoms with Crippen LogP contribution >= 0.6 is 0 Å². The highest BCUT2D eigenvalue weighted by Gasteiger charge is 2.17. The van der Waals surface area contributed by atoms with Crippen LogP contribution in [0.1, 0.15) is 17.0 Å². The van der Waals surface area contributed by atoms with Gasteiger partial charge in [-0.05, 0) is 24.1 Å². The average Bonchev–Trinajstić information content (AvgIpc) is 2.72. The number of aryl methyl sites for hydroxylation is 1. The Morgan fingerprint density at radius 1 is 1.21 bits per heavy atom. The SMILES string of the molecule is Cc1ccccc1/C=C/C(=O)NCc1nc(N(C)C)nc(N2CCOCC2)n1. The van der Waals surface area contributed by atoms with Crippen molar-refractivity contribution in [2.24, 2.45) is 0 Å². The molecule has 8 nitrogen and oxygen atoms in total.